The molecule has 1 N–H and O–H groups in total. The van der Waals surface area contributed by atoms with E-state index in [-0.39, 0.29) is 17.1 Å². The smallest absolute Gasteiger partial charge is 0.241 e. The van der Waals surface area contributed by atoms with Gasteiger partial charge in [0.2, 0.25) is 15.9 Å². The first-order chi connectivity index (χ1) is 16.8. The van der Waals surface area contributed by atoms with Crippen molar-refractivity contribution in [2.45, 2.75) is 70.9 Å². The summed E-state index contributed by atoms with van der Waals surface area (Å²) in [5, 5.41) is 4.98. The van der Waals surface area contributed by atoms with E-state index in [1.165, 1.54) is 32.1 Å². The van der Waals surface area contributed by atoms with Crippen LogP contribution < -0.4 is 4.72 Å². The monoisotopic (exact) mass is 521 g/mol. The number of benzene rings is 1. The molecule has 1 aromatic carbocycles. The lowest BCUT2D eigenvalue weighted by atomic mass is 9.63. The summed E-state index contributed by atoms with van der Waals surface area (Å²) in [6, 6.07) is 6.36. The van der Waals surface area contributed by atoms with E-state index in [1.807, 2.05) is 21.7 Å². The van der Waals surface area contributed by atoms with Gasteiger partial charge in [-0.25, -0.2) is 18.1 Å². The summed E-state index contributed by atoms with van der Waals surface area (Å²) >= 11 is 6.01. The van der Waals surface area contributed by atoms with Gasteiger partial charge in [-0.05, 0) is 68.1 Å². The third-order valence-corrected chi connectivity index (χ3v) is 9.49. The standard InChI is InChI=1S/C25H36ClN5O3S/c1-2-35(33,34)29-23(16-20-8-10-22(26)11-9-20)24(32)30-14-12-25(13-15-30,17-31-19-27-18-28-31)21-6-4-3-5-7-21/h8-11,18-19,21,23,29H,2-7,12-17H2,1H3/t23-/m1/s1. The number of piperidine rings is 1. The van der Waals surface area contributed by atoms with Crippen LogP contribution in [-0.4, -0.2) is 58.9 Å². The minimum absolute atomic E-state index is 0.0694. The molecular formula is C25H36ClN5O3S. The molecule has 0 bridgehead atoms. The highest BCUT2D eigenvalue weighted by molar-refractivity contribution is 7.89. The molecule has 1 saturated heterocycles. The molecule has 1 saturated carbocycles. The molecule has 2 aromatic rings. The highest BCUT2D eigenvalue weighted by atomic mass is 35.5. The minimum Gasteiger partial charge on any atom is -0.341 e. The fourth-order valence-electron chi connectivity index (χ4n) is 5.78. The zero-order valence-electron chi connectivity index (χ0n) is 20.4. The average Bonchev–Trinajstić information content (AvgIpc) is 3.38. The molecular weight excluding hydrogens is 486 g/mol. The maximum atomic E-state index is 13.6. The number of rotatable bonds is 9. The number of likely N-dealkylation sites (tertiary alicyclic amines) is 1. The van der Waals surface area contributed by atoms with Gasteiger partial charge in [0.05, 0.1) is 5.75 Å². The quantitative estimate of drug-likeness (QED) is 0.543. The van der Waals surface area contributed by atoms with Crippen molar-refractivity contribution in [3.63, 3.8) is 0 Å². The van der Waals surface area contributed by atoms with E-state index in [0.29, 0.717) is 30.5 Å². The summed E-state index contributed by atoms with van der Waals surface area (Å²) in [4.78, 5) is 19.6. The van der Waals surface area contributed by atoms with Gasteiger partial charge in [-0.2, -0.15) is 5.10 Å². The first-order valence-corrected chi connectivity index (χ1v) is 14.7. The number of aromatic nitrogens is 3. The number of carbonyl (C=O) groups is 1. The maximum absolute atomic E-state index is 13.6. The molecule has 0 unspecified atom stereocenters. The Morgan fingerprint density at radius 2 is 1.86 bits per heavy atom. The summed E-state index contributed by atoms with van der Waals surface area (Å²) < 4.78 is 29.4. The number of amides is 1. The van der Waals surface area contributed by atoms with Gasteiger partial charge in [0.1, 0.15) is 18.7 Å². The van der Waals surface area contributed by atoms with Crippen molar-refractivity contribution < 1.29 is 13.2 Å². The molecule has 4 rings (SSSR count). The highest BCUT2D eigenvalue weighted by Gasteiger charge is 2.44. The lowest BCUT2D eigenvalue weighted by molar-refractivity contribution is -0.136. The summed E-state index contributed by atoms with van der Waals surface area (Å²) in [5.74, 6) is 0.385. The third kappa shape index (κ3) is 6.62. The molecule has 1 aromatic heterocycles. The Kier molecular flexibility index (Phi) is 8.50. The molecule has 1 aliphatic heterocycles. The van der Waals surface area contributed by atoms with Crippen LogP contribution in [0.1, 0.15) is 57.4 Å². The summed E-state index contributed by atoms with van der Waals surface area (Å²) in [5.41, 5.74) is 0.950. The molecule has 2 heterocycles. The van der Waals surface area contributed by atoms with Gasteiger partial charge in [0, 0.05) is 24.7 Å². The third-order valence-electron chi connectivity index (χ3n) is 7.84. The lowest BCUT2D eigenvalue weighted by Crippen LogP contribution is -2.54. The second-order valence-electron chi connectivity index (χ2n) is 10.0. The van der Waals surface area contributed by atoms with Gasteiger partial charge < -0.3 is 4.90 Å². The number of carbonyl (C=O) groups excluding carboxylic acids is 1. The number of nitrogens with one attached hydrogen (secondary N) is 1. The Labute approximate surface area is 213 Å². The largest absolute Gasteiger partial charge is 0.341 e. The fourth-order valence-corrected chi connectivity index (χ4v) is 6.69. The zero-order chi connectivity index (χ0) is 24.9. The van der Waals surface area contributed by atoms with Gasteiger partial charge in [0.25, 0.3) is 0 Å². The molecule has 2 fully saturated rings. The minimum atomic E-state index is -3.55. The van der Waals surface area contributed by atoms with E-state index < -0.39 is 16.1 Å². The number of nitrogens with zero attached hydrogens (tertiary/aromatic N) is 4. The highest BCUT2D eigenvalue weighted by Crippen LogP contribution is 2.47. The first-order valence-electron chi connectivity index (χ1n) is 12.7. The van der Waals surface area contributed by atoms with Crippen LogP contribution in [0.25, 0.3) is 0 Å². The molecule has 0 radical (unpaired) electrons. The van der Waals surface area contributed by atoms with Crippen LogP contribution >= 0.6 is 11.6 Å². The molecule has 10 heteroatoms. The van der Waals surface area contributed by atoms with Crippen LogP contribution in [0, 0.1) is 11.3 Å². The molecule has 0 spiro atoms. The normalized spacial score (nSPS) is 20.0. The van der Waals surface area contributed by atoms with Gasteiger partial charge in [-0.15, -0.1) is 0 Å². The Balaban J connectivity index is 1.49. The van der Waals surface area contributed by atoms with Gasteiger partial charge in [0.15, 0.2) is 0 Å². The predicted octanol–water partition coefficient (Wildman–Crippen LogP) is 3.67. The van der Waals surface area contributed by atoms with Gasteiger partial charge >= 0.3 is 0 Å². The van der Waals surface area contributed by atoms with E-state index in [0.717, 1.165) is 24.9 Å². The summed E-state index contributed by atoms with van der Waals surface area (Å²) in [6.07, 6.45) is 11.7. The van der Waals surface area contributed by atoms with Crippen molar-refractivity contribution in [1.82, 2.24) is 24.4 Å². The number of hydrogen-bond donors (Lipinski definition) is 1. The molecule has 1 aliphatic carbocycles. The molecule has 1 atom stereocenters. The van der Waals surface area contributed by atoms with Crippen LogP contribution in [0.4, 0.5) is 0 Å². The predicted molar refractivity (Wildman–Crippen MR) is 136 cm³/mol. The Hall–Kier alpha value is -1.97. The van der Waals surface area contributed by atoms with E-state index in [1.54, 1.807) is 31.7 Å². The van der Waals surface area contributed by atoms with Crippen LogP contribution in [0.5, 0.6) is 0 Å². The molecule has 192 valence electrons. The number of halogens is 1. The molecule has 2 aliphatic rings. The topological polar surface area (TPSA) is 97.2 Å². The Bertz CT molecular complexity index is 1060. The zero-order valence-corrected chi connectivity index (χ0v) is 22.0. The van der Waals surface area contributed by atoms with Crippen LogP contribution in [-0.2, 0) is 27.8 Å². The maximum Gasteiger partial charge on any atom is 0.241 e. The van der Waals surface area contributed by atoms with Crippen LogP contribution in [0.2, 0.25) is 5.02 Å². The fraction of sp³-hybridized carbons (Fsp3) is 0.640. The van der Waals surface area contributed by atoms with Crippen molar-refractivity contribution in [2.24, 2.45) is 11.3 Å². The number of hydrogen-bond acceptors (Lipinski definition) is 5. The molecule has 1 amide bonds. The van der Waals surface area contributed by atoms with Crippen molar-refractivity contribution in [3.8, 4) is 0 Å². The summed E-state index contributed by atoms with van der Waals surface area (Å²) in [6.45, 7) is 3.64. The Morgan fingerprint density at radius 3 is 2.46 bits per heavy atom. The van der Waals surface area contributed by atoms with Gasteiger partial charge in [-0.3, -0.25) is 9.48 Å². The van der Waals surface area contributed by atoms with Crippen LogP contribution in [0.3, 0.4) is 0 Å². The van der Waals surface area contributed by atoms with E-state index in [9.17, 15) is 13.2 Å². The molecule has 8 nitrogen and oxygen atoms in total. The summed E-state index contributed by atoms with van der Waals surface area (Å²) in [7, 11) is -3.55. The van der Waals surface area contributed by atoms with E-state index in [4.69, 9.17) is 11.6 Å². The SMILES string of the molecule is CCS(=O)(=O)N[C@H](Cc1ccc(Cl)cc1)C(=O)N1CCC(Cn2cncn2)(C2CCCCC2)CC1. The molecule has 35 heavy (non-hydrogen) atoms. The van der Waals surface area contributed by atoms with Crippen molar-refractivity contribution in [1.29, 1.82) is 0 Å². The second kappa shape index (κ2) is 11.4. The van der Waals surface area contributed by atoms with Crippen molar-refractivity contribution in [2.75, 3.05) is 18.8 Å². The van der Waals surface area contributed by atoms with E-state index >= 15 is 0 Å². The van der Waals surface area contributed by atoms with Crippen molar-refractivity contribution in [3.05, 3.63) is 47.5 Å². The van der Waals surface area contributed by atoms with E-state index in [2.05, 4.69) is 14.8 Å². The van der Waals surface area contributed by atoms with Gasteiger partial charge in [-0.1, -0.05) is 43.0 Å². The number of sulfonamides is 1. The Morgan fingerprint density at radius 1 is 1.17 bits per heavy atom. The van der Waals surface area contributed by atoms with Crippen LogP contribution in [0.15, 0.2) is 36.9 Å². The second-order valence-corrected chi connectivity index (χ2v) is 12.5. The average molecular weight is 522 g/mol. The first kappa shape index (κ1) is 26.1. The lowest BCUT2D eigenvalue weighted by Gasteiger charge is -2.48. The van der Waals surface area contributed by atoms with Crippen molar-refractivity contribution >= 4 is 27.5 Å².